The lowest BCUT2D eigenvalue weighted by Crippen LogP contribution is -2.38. The van der Waals surface area contributed by atoms with Crippen LogP contribution in [0.2, 0.25) is 12.6 Å². The third-order valence-electron chi connectivity index (χ3n) is 3.69. The van der Waals surface area contributed by atoms with E-state index in [0.29, 0.717) is 0 Å². The zero-order valence-electron chi connectivity index (χ0n) is 14.0. The van der Waals surface area contributed by atoms with Crippen molar-refractivity contribution < 1.29 is 8.85 Å². The van der Waals surface area contributed by atoms with Crippen molar-refractivity contribution in [3.63, 3.8) is 0 Å². The number of hydrogen-bond donors (Lipinski definition) is 1. The second-order valence-corrected chi connectivity index (χ2v) is 9.45. The summed E-state index contributed by atoms with van der Waals surface area (Å²) in [6.07, 6.45) is 12.2. The first-order chi connectivity index (χ1) is 9.68. The highest BCUT2D eigenvalue weighted by molar-refractivity contribution is 7.80. The smallest absolute Gasteiger partial charge is 0.334 e. The zero-order valence-corrected chi connectivity index (χ0v) is 15.9. The van der Waals surface area contributed by atoms with E-state index < -0.39 is 8.56 Å². The predicted molar refractivity (Wildman–Crippen MR) is 95.1 cm³/mol. The lowest BCUT2D eigenvalue weighted by atomic mass is 10.1. The molecular formula is C16H36O2SSi. The predicted octanol–water partition coefficient (Wildman–Crippen LogP) is 5.57. The van der Waals surface area contributed by atoms with Crippen LogP contribution in [0.15, 0.2) is 0 Å². The molecule has 20 heavy (non-hydrogen) atoms. The molecule has 0 aromatic rings. The lowest BCUT2D eigenvalue weighted by Gasteiger charge is -2.25. The third kappa shape index (κ3) is 12.2. The molecular weight excluding hydrogens is 284 g/mol. The van der Waals surface area contributed by atoms with Crippen molar-refractivity contribution in [1.29, 1.82) is 0 Å². The van der Waals surface area contributed by atoms with Crippen molar-refractivity contribution in [2.24, 2.45) is 0 Å². The second kappa shape index (κ2) is 14.4. The largest absolute Gasteiger partial charge is 0.395 e. The Hall–Kier alpha value is 0.487. The molecule has 122 valence electrons. The molecule has 0 amide bonds. The second-order valence-electron chi connectivity index (χ2n) is 5.66. The van der Waals surface area contributed by atoms with Crippen LogP contribution in [0, 0.1) is 0 Å². The molecule has 0 saturated heterocycles. The van der Waals surface area contributed by atoms with E-state index in [9.17, 15) is 0 Å². The first-order valence-electron chi connectivity index (χ1n) is 8.57. The minimum absolute atomic E-state index is 0.787. The minimum Gasteiger partial charge on any atom is -0.395 e. The maximum absolute atomic E-state index is 5.86. The molecule has 0 bridgehead atoms. The molecule has 0 radical (unpaired) electrons. The van der Waals surface area contributed by atoms with Gasteiger partial charge in [0.25, 0.3) is 0 Å². The molecule has 0 aromatic carbocycles. The Morgan fingerprint density at radius 3 is 1.50 bits per heavy atom. The van der Waals surface area contributed by atoms with Gasteiger partial charge in [-0.15, -0.1) is 0 Å². The molecule has 0 aromatic heterocycles. The average molecular weight is 321 g/mol. The van der Waals surface area contributed by atoms with E-state index in [1.807, 2.05) is 0 Å². The summed E-state index contributed by atoms with van der Waals surface area (Å²) in [4.78, 5) is 0. The molecule has 0 unspecified atom stereocenters. The van der Waals surface area contributed by atoms with E-state index in [1.165, 1.54) is 57.8 Å². The summed E-state index contributed by atoms with van der Waals surface area (Å²) < 4.78 is 11.7. The Kier molecular flexibility index (Phi) is 14.8. The van der Waals surface area contributed by atoms with Gasteiger partial charge in [-0.25, -0.2) is 0 Å². The molecule has 0 rings (SSSR count). The summed E-state index contributed by atoms with van der Waals surface area (Å²) in [6.45, 7) is 7.92. The molecule has 0 heterocycles. The van der Waals surface area contributed by atoms with Gasteiger partial charge in [0.1, 0.15) is 0 Å². The van der Waals surface area contributed by atoms with Crippen molar-refractivity contribution >= 4 is 21.2 Å². The molecule has 0 aliphatic rings. The maximum Gasteiger partial charge on any atom is 0.334 e. The molecule has 4 heteroatoms. The van der Waals surface area contributed by atoms with Crippen LogP contribution in [0.1, 0.15) is 71.6 Å². The van der Waals surface area contributed by atoms with E-state index in [0.717, 1.165) is 25.0 Å². The number of unbranched alkanes of at least 4 members (excludes halogenated alkanes) is 8. The van der Waals surface area contributed by atoms with Gasteiger partial charge in [-0.3, -0.25) is 0 Å². The van der Waals surface area contributed by atoms with Crippen LogP contribution < -0.4 is 0 Å². The minimum atomic E-state index is -1.85. The Morgan fingerprint density at radius 2 is 1.10 bits per heavy atom. The summed E-state index contributed by atoms with van der Waals surface area (Å²) in [6, 6.07) is 1.15. The first kappa shape index (κ1) is 20.5. The van der Waals surface area contributed by atoms with E-state index in [1.54, 1.807) is 0 Å². The normalized spacial score (nSPS) is 12.0. The van der Waals surface area contributed by atoms with Crippen molar-refractivity contribution in [3.05, 3.63) is 0 Å². The van der Waals surface area contributed by atoms with Crippen molar-refractivity contribution in [2.45, 2.75) is 84.2 Å². The number of thiol groups is 1. The highest BCUT2D eigenvalue weighted by Gasteiger charge is 2.29. The third-order valence-corrected chi connectivity index (χ3v) is 7.07. The van der Waals surface area contributed by atoms with Crippen LogP contribution in [0.5, 0.6) is 0 Å². The topological polar surface area (TPSA) is 18.5 Å². The van der Waals surface area contributed by atoms with Crippen LogP contribution in [-0.2, 0) is 8.85 Å². The maximum atomic E-state index is 5.86. The quantitative estimate of drug-likeness (QED) is 0.241. The number of hydrogen-bond acceptors (Lipinski definition) is 3. The molecule has 0 fully saturated rings. The summed E-state index contributed by atoms with van der Waals surface area (Å²) >= 11 is 4.24. The van der Waals surface area contributed by atoms with Gasteiger partial charge in [-0.1, -0.05) is 51.4 Å². The fourth-order valence-corrected chi connectivity index (χ4v) is 5.30. The zero-order chi connectivity index (χ0) is 15.1. The summed E-state index contributed by atoms with van der Waals surface area (Å²) in [7, 11) is -1.85. The number of rotatable bonds is 15. The fraction of sp³-hybridized carbons (Fsp3) is 1.00. The Morgan fingerprint density at radius 1 is 0.700 bits per heavy atom. The van der Waals surface area contributed by atoms with E-state index in [-0.39, 0.29) is 0 Å². The van der Waals surface area contributed by atoms with Crippen molar-refractivity contribution in [1.82, 2.24) is 0 Å². The van der Waals surface area contributed by atoms with Crippen LogP contribution in [0.3, 0.4) is 0 Å². The molecule has 0 aliphatic heterocycles. The van der Waals surface area contributed by atoms with Gasteiger partial charge in [0.15, 0.2) is 0 Å². The van der Waals surface area contributed by atoms with Gasteiger partial charge in [0.2, 0.25) is 0 Å². The van der Waals surface area contributed by atoms with Gasteiger partial charge >= 0.3 is 8.56 Å². The van der Waals surface area contributed by atoms with E-state index in [4.69, 9.17) is 8.85 Å². The molecule has 0 N–H and O–H groups in total. The van der Waals surface area contributed by atoms with Crippen LogP contribution in [0.25, 0.3) is 0 Å². The van der Waals surface area contributed by atoms with Crippen LogP contribution in [-0.4, -0.2) is 27.5 Å². The van der Waals surface area contributed by atoms with E-state index >= 15 is 0 Å². The standard InChI is InChI=1S/C16H36O2SSi/c1-4-17-20(3,18-5-2)16-14-12-10-8-6-7-9-11-13-15-19/h19H,4-16H2,1-3H3. The lowest BCUT2D eigenvalue weighted by molar-refractivity contribution is 0.188. The summed E-state index contributed by atoms with van der Waals surface area (Å²) in [5.41, 5.74) is 0. The average Bonchev–Trinajstić information content (AvgIpc) is 2.41. The Labute approximate surface area is 133 Å². The van der Waals surface area contributed by atoms with Crippen molar-refractivity contribution in [3.8, 4) is 0 Å². The first-order valence-corrected chi connectivity index (χ1v) is 11.7. The molecule has 0 aliphatic carbocycles. The Balaban J connectivity index is 3.41. The van der Waals surface area contributed by atoms with Crippen LogP contribution >= 0.6 is 12.6 Å². The SMILES string of the molecule is CCO[Si](C)(CCCCCCCCCCCS)OCC. The van der Waals surface area contributed by atoms with Crippen LogP contribution in [0.4, 0.5) is 0 Å². The highest BCUT2D eigenvalue weighted by atomic mass is 32.1. The highest BCUT2D eigenvalue weighted by Crippen LogP contribution is 2.19. The van der Waals surface area contributed by atoms with Gasteiger partial charge in [-0.2, -0.15) is 12.6 Å². The fourth-order valence-electron chi connectivity index (χ4n) is 2.59. The summed E-state index contributed by atoms with van der Waals surface area (Å²) in [5, 5.41) is 0. The van der Waals surface area contributed by atoms with Gasteiger partial charge < -0.3 is 8.85 Å². The molecule has 0 atom stereocenters. The Bertz CT molecular complexity index is 197. The molecule has 0 spiro atoms. The van der Waals surface area contributed by atoms with E-state index in [2.05, 4.69) is 33.0 Å². The molecule has 2 nitrogen and oxygen atoms in total. The molecule has 0 saturated carbocycles. The van der Waals surface area contributed by atoms with Crippen molar-refractivity contribution in [2.75, 3.05) is 19.0 Å². The van der Waals surface area contributed by atoms with Gasteiger partial charge in [-0.05, 0) is 38.6 Å². The van der Waals surface area contributed by atoms with Gasteiger partial charge in [0, 0.05) is 13.2 Å². The monoisotopic (exact) mass is 320 g/mol. The summed E-state index contributed by atoms with van der Waals surface area (Å²) in [5.74, 6) is 1.04. The van der Waals surface area contributed by atoms with Gasteiger partial charge in [0.05, 0.1) is 0 Å².